The highest BCUT2D eigenvalue weighted by molar-refractivity contribution is 5.11. The molecule has 1 atom stereocenters. The van der Waals surface area contributed by atoms with Gasteiger partial charge in [-0.3, -0.25) is 9.88 Å². The summed E-state index contributed by atoms with van der Waals surface area (Å²) in [6, 6.07) is 7.14. The van der Waals surface area contributed by atoms with E-state index in [-0.39, 0.29) is 0 Å². The lowest BCUT2D eigenvalue weighted by Crippen LogP contribution is -2.32. The van der Waals surface area contributed by atoms with Crippen molar-refractivity contribution in [2.75, 3.05) is 13.1 Å². The van der Waals surface area contributed by atoms with Gasteiger partial charge in [-0.15, -0.1) is 0 Å². The van der Waals surface area contributed by atoms with Gasteiger partial charge in [0.25, 0.3) is 0 Å². The zero-order valence-corrected chi connectivity index (χ0v) is 13.9. The molecular weight excluding hydrogens is 258 g/mol. The van der Waals surface area contributed by atoms with Gasteiger partial charge in [0.2, 0.25) is 0 Å². The van der Waals surface area contributed by atoms with E-state index in [1.807, 2.05) is 0 Å². The SMILES string of the molecule is CC(C)CNCc1cccc(CN2CCCCCC2C)n1. The van der Waals surface area contributed by atoms with Gasteiger partial charge in [0, 0.05) is 19.1 Å². The number of likely N-dealkylation sites (tertiary alicyclic amines) is 1. The van der Waals surface area contributed by atoms with Crippen LogP contribution in [0, 0.1) is 5.92 Å². The molecule has 2 heterocycles. The molecule has 1 saturated heterocycles. The Kier molecular flexibility index (Phi) is 6.65. The van der Waals surface area contributed by atoms with E-state index in [0.717, 1.165) is 25.3 Å². The predicted molar refractivity (Wildman–Crippen MR) is 89.1 cm³/mol. The van der Waals surface area contributed by atoms with E-state index in [9.17, 15) is 0 Å². The van der Waals surface area contributed by atoms with Crippen LogP contribution in [0.4, 0.5) is 0 Å². The summed E-state index contributed by atoms with van der Waals surface area (Å²) >= 11 is 0. The molecule has 2 rings (SSSR count). The first-order valence-electron chi connectivity index (χ1n) is 8.54. The van der Waals surface area contributed by atoms with Crippen molar-refractivity contribution >= 4 is 0 Å². The van der Waals surface area contributed by atoms with Gasteiger partial charge in [-0.25, -0.2) is 0 Å². The van der Waals surface area contributed by atoms with Crippen molar-refractivity contribution < 1.29 is 0 Å². The molecule has 1 N–H and O–H groups in total. The Morgan fingerprint density at radius 1 is 1.24 bits per heavy atom. The smallest absolute Gasteiger partial charge is 0.0547 e. The molecule has 0 aromatic carbocycles. The van der Waals surface area contributed by atoms with Crippen molar-refractivity contribution in [2.24, 2.45) is 5.92 Å². The lowest BCUT2D eigenvalue weighted by molar-refractivity contribution is 0.202. The molecule has 1 aromatic heterocycles. The van der Waals surface area contributed by atoms with Crippen molar-refractivity contribution in [1.82, 2.24) is 15.2 Å². The number of nitrogens with one attached hydrogen (secondary N) is 1. The summed E-state index contributed by atoms with van der Waals surface area (Å²) in [5, 5.41) is 3.47. The van der Waals surface area contributed by atoms with Crippen molar-refractivity contribution in [2.45, 2.75) is 65.6 Å². The molecule has 1 aliphatic rings. The average molecular weight is 289 g/mol. The maximum Gasteiger partial charge on any atom is 0.0547 e. The molecule has 3 nitrogen and oxygen atoms in total. The molecule has 21 heavy (non-hydrogen) atoms. The zero-order chi connectivity index (χ0) is 15.1. The van der Waals surface area contributed by atoms with E-state index in [1.54, 1.807) is 0 Å². The number of aromatic nitrogens is 1. The third-order valence-electron chi connectivity index (χ3n) is 4.28. The molecular formula is C18H31N3. The van der Waals surface area contributed by atoms with Crippen LogP contribution in [0.1, 0.15) is 57.8 Å². The molecule has 0 aliphatic carbocycles. The topological polar surface area (TPSA) is 28.2 Å². The summed E-state index contributed by atoms with van der Waals surface area (Å²) in [6.07, 6.45) is 5.42. The molecule has 0 bridgehead atoms. The third kappa shape index (κ3) is 5.76. The van der Waals surface area contributed by atoms with Crippen LogP contribution in [0.25, 0.3) is 0 Å². The Labute approximate surface area is 130 Å². The minimum Gasteiger partial charge on any atom is -0.311 e. The molecule has 0 spiro atoms. The first kappa shape index (κ1) is 16.4. The minimum absolute atomic E-state index is 0.686. The van der Waals surface area contributed by atoms with Crippen LogP contribution in [0.3, 0.4) is 0 Å². The summed E-state index contributed by atoms with van der Waals surface area (Å²) in [6.45, 7) is 11.0. The first-order valence-corrected chi connectivity index (χ1v) is 8.54. The maximum absolute atomic E-state index is 4.82. The molecule has 1 unspecified atom stereocenters. The van der Waals surface area contributed by atoms with E-state index in [1.165, 1.54) is 37.9 Å². The highest BCUT2D eigenvalue weighted by atomic mass is 15.2. The third-order valence-corrected chi connectivity index (χ3v) is 4.28. The van der Waals surface area contributed by atoms with Crippen LogP contribution >= 0.6 is 0 Å². The Balaban J connectivity index is 1.90. The van der Waals surface area contributed by atoms with Crippen LogP contribution in [0.2, 0.25) is 0 Å². The summed E-state index contributed by atoms with van der Waals surface area (Å²) < 4.78 is 0. The van der Waals surface area contributed by atoms with Crippen LogP contribution < -0.4 is 5.32 Å². The lowest BCUT2D eigenvalue weighted by Gasteiger charge is -2.26. The maximum atomic E-state index is 4.82. The van der Waals surface area contributed by atoms with E-state index >= 15 is 0 Å². The second-order valence-electron chi connectivity index (χ2n) is 6.81. The lowest BCUT2D eigenvalue weighted by atomic mass is 10.1. The fourth-order valence-corrected chi connectivity index (χ4v) is 2.98. The number of hydrogen-bond donors (Lipinski definition) is 1. The van der Waals surface area contributed by atoms with E-state index in [2.05, 4.69) is 49.2 Å². The quantitative estimate of drug-likeness (QED) is 0.867. The second-order valence-corrected chi connectivity index (χ2v) is 6.81. The van der Waals surface area contributed by atoms with Crippen molar-refractivity contribution in [3.05, 3.63) is 29.6 Å². The fraction of sp³-hybridized carbons (Fsp3) is 0.722. The average Bonchev–Trinajstić information content (AvgIpc) is 2.64. The molecule has 0 radical (unpaired) electrons. The van der Waals surface area contributed by atoms with E-state index in [4.69, 9.17) is 4.98 Å². The zero-order valence-electron chi connectivity index (χ0n) is 13.9. The summed E-state index contributed by atoms with van der Waals surface area (Å²) in [7, 11) is 0. The largest absolute Gasteiger partial charge is 0.311 e. The van der Waals surface area contributed by atoms with Gasteiger partial charge < -0.3 is 5.32 Å². The molecule has 1 aliphatic heterocycles. The first-order chi connectivity index (χ1) is 10.1. The van der Waals surface area contributed by atoms with Crippen LogP contribution in [0.15, 0.2) is 18.2 Å². The summed E-state index contributed by atoms with van der Waals surface area (Å²) in [4.78, 5) is 7.42. The van der Waals surface area contributed by atoms with Crippen molar-refractivity contribution in [3.8, 4) is 0 Å². The van der Waals surface area contributed by atoms with E-state index < -0.39 is 0 Å². The molecule has 118 valence electrons. The Morgan fingerprint density at radius 3 is 2.86 bits per heavy atom. The summed E-state index contributed by atoms with van der Waals surface area (Å²) in [5.41, 5.74) is 2.38. The molecule has 3 heteroatoms. The highest BCUT2D eigenvalue weighted by Gasteiger charge is 2.17. The monoisotopic (exact) mass is 289 g/mol. The molecule has 0 saturated carbocycles. The number of hydrogen-bond acceptors (Lipinski definition) is 3. The Bertz CT molecular complexity index is 417. The second kappa shape index (κ2) is 8.50. The van der Waals surface area contributed by atoms with Gasteiger partial charge >= 0.3 is 0 Å². The Morgan fingerprint density at radius 2 is 2.05 bits per heavy atom. The van der Waals surface area contributed by atoms with Crippen LogP contribution in [0.5, 0.6) is 0 Å². The standard InChI is InChI=1S/C18H31N3/c1-15(2)12-19-13-17-9-7-10-18(20-17)14-21-11-6-4-5-8-16(21)3/h7,9-10,15-16,19H,4-6,8,11-14H2,1-3H3. The molecule has 0 amide bonds. The number of nitrogens with zero attached hydrogens (tertiary/aromatic N) is 2. The van der Waals surface area contributed by atoms with Crippen LogP contribution in [-0.2, 0) is 13.1 Å². The minimum atomic E-state index is 0.686. The normalized spacial score (nSPS) is 20.7. The van der Waals surface area contributed by atoms with Gasteiger partial charge in [0.15, 0.2) is 0 Å². The van der Waals surface area contributed by atoms with Gasteiger partial charge in [0.05, 0.1) is 11.4 Å². The van der Waals surface area contributed by atoms with Crippen molar-refractivity contribution in [1.29, 1.82) is 0 Å². The molecule has 1 aromatic rings. The van der Waals surface area contributed by atoms with Gasteiger partial charge in [-0.05, 0) is 50.9 Å². The van der Waals surface area contributed by atoms with Gasteiger partial charge in [-0.1, -0.05) is 32.8 Å². The Hall–Kier alpha value is -0.930. The summed E-state index contributed by atoms with van der Waals surface area (Å²) in [5.74, 6) is 0.686. The number of rotatable bonds is 6. The van der Waals surface area contributed by atoms with Crippen LogP contribution in [-0.4, -0.2) is 29.0 Å². The number of pyridine rings is 1. The highest BCUT2D eigenvalue weighted by Crippen LogP contribution is 2.18. The van der Waals surface area contributed by atoms with E-state index in [0.29, 0.717) is 12.0 Å². The fourth-order valence-electron chi connectivity index (χ4n) is 2.98. The van der Waals surface area contributed by atoms with Gasteiger partial charge in [0.1, 0.15) is 0 Å². The van der Waals surface area contributed by atoms with Gasteiger partial charge in [-0.2, -0.15) is 0 Å². The van der Waals surface area contributed by atoms with Crippen molar-refractivity contribution in [3.63, 3.8) is 0 Å². The predicted octanol–water partition coefficient (Wildman–Crippen LogP) is 3.59. The molecule has 1 fully saturated rings.